The van der Waals surface area contributed by atoms with Crippen molar-refractivity contribution in [1.29, 1.82) is 0 Å². The van der Waals surface area contributed by atoms with Crippen LogP contribution in [0.25, 0.3) is 0 Å². The highest BCUT2D eigenvalue weighted by atomic mass is 16.4. The molecule has 0 radical (unpaired) electrons. The molecule has 0 aliphatic carbocycles. The number of carbonyl (C=O) groups is 2. The van der Waals surface area contributed by atoms with Crippen molar-refractivity contribution in [2.45, 2.75) is 19.4 Å². The largest absolute Gasteiger partial charge is 0.481 e. The Morgan fingerprint density at radius 2 is 1.41 bits per heavy atom. The Balaban J connectivity index is 1.92. The van der Waals surface area contributed by atoms with Gasteiger partial charge in [-0.05, 0) is 16.7 Å². The van der Waals surface area contributed by atoms with Crippen LogP contribution in [0.4, 0.5) is 0 Å². The van der Waals surface area contributed by atoms with Gasteiger partial charge < -0.3 is 10.0 Å². The number of hydrogen-bond acceptors (Lipinski definition) is 2. The van der Waals surface area contributed by atoms with Crippen LogP contribution in [0, 0.1) is 0 Å². The van der Waals surface area contributed by atoms with Crippen LogP contribution < -0.4 is 0 Å². The van der Waals surface area contributed by atoms with Crippen molar-refractivity contribution in [2.24, 2.45) is 0 Å². The number of amides is 1. The molecule has 0 fully saturated rings. The number of nitrogens with zero attached hydrogens (tertiary/aromatic N) is 1. The average molecular weight is 297 g/mol. The third kappa shape index (κ3) is 4.74. The third-order valence-electron chi connectivity index (χ3n) is 3.42. The maximum atomic E-state index is 12.2. The maximum absolute atomic E-state index is 12.2. The molecule has 0 aromatic heterocycles. The lowest BCUT2D eigenvalue weighted by molar-refractivity contribution is -0.136. The predicted molar refractivity (Wildman–Crippen MR) is 84.4 cm³/mol. The number of rotatable bonds is 6. The number of carboxylic acid groups (broad SMARTS) is 1. The quantitative estimate of drug-likeness (QED) is 0.891. The number of carbonyl (C=O) groups excluding carboxylic acids is 1. The predicted octanol–water partition coefficient (Wildman–Crippen LogP) is 2.51. The zero-order chi connectivity index (χ0) is 15.9. The van der Waals surface area contributed by atoms with Gasteiger partial charge in [0.1, 0.15) is 0 Å². The molecule has 1 N–H and O–H groups in total. The van der Waals surface area contributed by atoms with Crippen LogP contribution >= 0.6 is 0 Å². The second-order valence-electron chi connectivity index (χ2n) is 5.30. The van der Waals surface area contributed by atoms with Crippen LogP contribution in [0.15, 0.2) is 54.6 Å². The van der Waals surface area contributed by atoms with E-state index in [9.17, 15) is 9.59 Å². The smallest absolute Gasteiger partial charge is 0.307 e. The minimum absolute atomic E-state index is 0.00212. The number of aliphatic carboxylic acids is 1. The van der Waals surface area contributed by atoms with Crippen molar-refractivity contribution >= 4 is 11.9 Å². The van der Waals surface area contributed by atoms with Crippen molar-refractivity contribution in [3.8, 4) is 0 Å². The summed E-state index contributed by atoms with van der Waals surface area (Å²) in [6.45, 7) is 0.580. The van der Waals surface area contributed by atoms with Crippen LogP contribution in [0.5, 0.6) is 0 Å². The fourth-order valence-corrected chi connectivity index (χ4v) is 2.20. The van der Waals surface area contributed by atoms with E-state index < -0.39 is 5.97 Å². The lowest BCUT2D eigenvalue weighted by Gasteiger charge is -2.17. The Bertz CT molecular complexity index is 635. The van der Waals surface area contributed by atoms with Gasteiger partial charge in [-0.3, -0.25) is 9.59 Å². The Morgan fingerprint density at radius 3 is 1.95 bits per heavy atom. The highest BCUT2D eigenvalue weighted by Crippen LogP contribution is 2.09. The summed E-state index contributed by atoms with van der Waals surface area (Å²) in [5, 5.41) is 8.73. The number of carboxylic acids is 1. The highest BCUT2D eigenvalue weighted by molar-refractivity contribution is 5.78. The van der Waals surface area contributed by atoms with E-state index >= 15 is 0 Å². The lowest BCUT2D eigenvalue weighted by atomic mass is 10.1. The molecular formula is C18H19NO3. The summed E-state index contributed by atoms with van der Waals surface area (Å²) in [5.74, 6) is -0.818. The molecule has 0 bridgehead atoms. The second kappa shape index (κ2) is 7.41. The summed E-state index contributed by atoms with van der Waals surface area (Å²) in [5.41, 5.74) is 2.72. The molecule has 0 spiro atoms. The number of hydrogen-bond donors (Lipinski definition) is 1. The minimum Gasteiger partial charge on any atom is -0.481 e. The Labute approximate surface area is 130 Å². The Kier molecular flexibility index (Phi) is 5.31. The van der Waals surface area contributed by atoms with E-state index in [-0.39, 0.29) is 12.3 Å². The molecule has 2 aromatic carbocycles. The molecule has 0 unspecified atom stereocenters. The molecule has 0 saturated carbocycles. The van der Waals surface area contributed by atoms with Crippen LogP contribution in [-0.4, -0.2) is 28.9 Å². The van der Waals surface area contributed by atoms with E-state index in [0.717, 1.165) is 16.7 Å². The third-order valence-corrected chi connectivity index (χ3v) is 3.42. The molecule has 22 heavy (non-hydrogen) atoms. The monoisotopic (exact) mass is 297 g/mol. The van der Waals surface area contributed by atoms with Gasteiger partial charge in [-0.1, -0.05) is 54.6 Å². The van der Waals surface area contributed by atoms with Crippen molar-refractivity contribution < 1.29 is 14.7 Å². The fourth-order valence-electron chi connectivity index (χ4n) is 2.20. The summed E-state index contributed by atoms with van der Waals surface area (Å²) in [4.78, 5) is 24.5. The van der Waals surface area contributed by atoms with Crippen LogP contribution in [0.2, 0.25) is 0 Å². The summed E-state index contributed by atoms with van der Waals surface area (Å²) in [7, 11) is 1.79. The topological polar surface area (TPSA) is 57.6 Å². The number of benzene rings is 2. The fraction of sp³-hybridized carbons (Fsp3) is 0.222. The van der Waals surface area contributed by atoms with E-state index in [1.807, 2.05) is 42.5 Å². The Morgan fingerprint density at radius 1 is 0.864 bits per heavy atom. The second-order valence-corrected chi connectivity index (χ2v) is 5.30. The number of likely N-dealkylation sites (N-methyl/N-ethyl adjacent to an activating group) is 1. The molecule has 0 heterocycles. The molecular weight excluding hydrogens is 278 g/mol. The summed E-state index contributed by atoms with van der Waals surface area (Å²) >= 11 is 0. The van der Waals surface area contributed by atoms with Gasteiger partial charge in [0.05, 0.1) is 12.8 Å². The van der Waals surface area contributed by atoms with Gasteiger partial charge in [-0.25, -0.2) is 0 Å². The molecule has 4 heteroatoms. The van der Waals surface area contributed by atoms with Crippen LogP contribution in [0.1, 0.15) is 16.7 Å². The van der Waals surface area contributed by atoms with Gasteiger partial charge in [0.15, 0.2) is 0 Å². The van der Waals surface area contributed by atoms with E-state index in [1.165, 1.54) is 0 Å². The first-order valence-corrected chi connectivity index (χ1v) is 7.12. The van der Waals surface area contributed by atoms with Crippen LogP contribution in [-0.2, 0) is 29.0 Å². The maximum Gasteiger partial charge on any atom is 0.307 e. The minimum atomic E-state index is -0.855. The van der Waals surface area contributed by atoms with E-state index in [2.05, 4.69) is 0 Å². The van der Waals surface area contributed by atoms with Gasteiger partial charge in [-0.2, -0.15) is 0 Å². The van der Waals surface area contributed by atoms with Crippen molar-refractivity contribution in [3.05, 3.63) is 71.3 Å². The van der Waals surface area contributed by atoms with Gasteiger partial charge in [0.2, 0.25) is 5.91 Å². The van der Waals surface area contributed by atoms with E-state index in [4.69, 9.17) is 5.11 Å². The average Bonchev–Trinajstić information content (AvgIpc) is 2.49. The molecule has 0 atom stereocenters. The SMILES string of the molecule is CN(Cc1ccccc1)C(=O)Cc1ccc(CC(=O)O)cc1. The molecule has 0 saturated heterocycles. The van der Waals surface area contributed by atoms with Crippen molar-refractivity contribution in [2.75, 3.05) is 7.05 Å². The first-order chi connectivity index (χ1) is 10.5. The lowest BCUT2D eigenvalue weighted by Crippen LogP contribution is -2.27. The summed E-state index contributed by atoms with van der Waals surface area (Å²) < 4.78 is 0. The molecule has 1 amide bonds. The first kappa shape index (κ1) is 15.8. The summed E-state index contributed by atoms with van der Waals surface area (Å²) in [6, 6.07) is 17.0. The van der Waals surface area contributed by atoms with Gasteiger partial charge in [0.25, 0.3) is 0 Å². The van der Waals surface area contributed by atoms with E-state index in [0.29, 0.717) is 13.0 Å². The zero-order valence-electron chi connectivity index (χ0n) is 12.5. The molecule has 2 aromatic rings. The molecule has 0 aliphatic rings. The van der Waals surface area contributed by atoms with E-state index in [1.54, 1.807) is 24.1 Å². The first-order valence-electron chi connectivity index (χ1n) is 7.12. The van der Waals surface area contributed by atoms with Gasteiger partial charge >= 0.3 is 5.97 Å². The van der Waals surface area contributed by atoms with Crippen molar-refractivity contribution in [3.63, 3.8) is 0 Å². The molecule has 4 nitrogen and oxygen atoms in total. The highest BCUT2D eigenvalue weighted by Gasteiger charge is 2.10. The molecule has 2 rings (SSSR count). The summed E-state index contributed by atoms with van der Waals surface area (Å²) in [6.07, 6.45) is 0.318. The standard InChI is InChI=1S/C18H19NO3/c1-19(13-16-5-3-2-4-6-16)17(20)11-14-7-9-15(10-8-14)12-18(21)22/h2-10H,11-13H2,1H3,(H,21,22). The van der Waals surface area contributed by atoms with Gasteiger partial charge in [-0.15, -0.1) is 0 Å². The van der Waals surface area contributed by atoms with Gasteiger partial charge in [0, 0.05) is 13.6 Å². The van der Waals surface area contributed by atoms with Crippen molar-refractivity contribution in [1.82, 2.24) is 4.90 Å². The Hall–Kier alpha value is -2.62. The zero-order valence-corrected chi connectivity index (χ0v) is 12.5. The molecule has 0 aliphatic heterocycles. The van der Waals surface area contributed by atoms with Crippen LogP contribution in [0.3, 0.4) is 0 Å². The molecule has 114 valence electrons. The normalized spacial score (nSPS) is 10.2.